The first-order valence-electron chi connectivity index (χ1n) is 5.30. The van der Waals surface area contributed by atoms with E-state index in [0.717, 1.165) is 6.61 Å². The zero-order valence-electron chi connectivity index (χ0n) is 9.24. The van der Waals surface area contributed by atoms with Crippen LogP contribution < -0.4 is 5.73 Å². The van der Waals surface area contributed by atoms with Crippen LogP contribution in [0.15, 0.2) is 24.3 Å². The summed E-state index contributed by atoms with van der Waals surface area (Å²) in [6.07, 6.45) is 0. The van der Waals surface area contributed by atoms with E-state index in [1.54, 1.807) is 0 Å². The highest BCUT2D eigenvalue weighted by atomic mass is 16.5. The molecule has 2 N–H and O–H groups in total. The number of ether oxygens (including phenoxy) is 2. The van der Waals surface area contributed by atoms with Gasteiger partial charge in [-0.15, -0.1) is 0 Å². The van der Waals surface area contributed by atoms with Crippen LogP contribution in [0, 0.1) is 0 Å². The van der Waals surface area contributed by atoms with Crippen molar-refractivity contribution in [1.29, 1.82) is 0 Å². The maximum Gasteiger partial charge on any atom is 0.0717 e. The van der Waals surface area contributed by atoms with Crippen molar-refractivity contribution in [1.82, 2.24) is 0 Å². The molecule has 0 saturated carbocycles. The lowest BCUT2D eigenvalue weighted by Gasteiger charge is -2.06. The van der Waals surface area contributed by atoms with E-state index in [4.69, 9.17) is 15.2 Å². The quantitative estimate of drug-likeness (QED) is 0.695. The molecule has 1 aromatic carbocycles. The summed E-state index contributed by atoms with van der Waals surface area (Å²) in [7, 11) is 0. The van der Waals surface area contributed by atoms with Crippen LogP contribution in [0.4, 0.5) is 0 Å². The van der Waals surface area contributed by atoms with Gasteiger partial charge in [-0.3, -0.25) is 0 Å². The molecule has 1 aromatic rings. The Morgan fingerprint density at radius 1 is 1.13 bits per heavy atom. The van der Waals surface area contributed by atoms with E-state index in [1.807, 2.05) is 19.1 Å². The lowest BCUT2D eigenvalue weighted by Crippen LogP contribution is -2.08. The molecule has 3 heteroatoms. The van der Waals surface area contributed by atoms with Crippen LogP contribution in [0.25, 0.3) is 0 Å². The van der Waals surface area contributed by atoms with Gasteiger partial charge in [0.1, 0.15) is 0 Å². The van der Waals surface area contributed by atoms with Gasteiger partial charge >= 0.3 is 0 Å². The zero-order chi connectivity index (χ0) is 10.9. The van der Waals surface area contributed by atoms with Gasteiger partial charge in [0.15, 0.2) is 0 Å². The number of hydrogen-bond donors (Lipinski definition) is 1. The third-order valence-corrected chi connectivity index (χ3v) is 2.00. The minimum Gasteiger partial charge on any atom is -0.377 e. The summed E-state index contributed by atoms with van der Waals surface area (Å²) < 4.78 is 10.7. The minimum atomic E-state index is 0.568. The van der Waals surface area contributed by atoms with Crippen LogP contribution in [-0.4, -0.2) is 19.8 Å². The topological polar surface area (TPSA) is 44.5 Å². The SMILES string of the molecule is CCOCc1cccc(COCCN)c1. The monoisotopic (exact) mass is 209 g/mol. The highest BCUT2D eigenvalue weighted by Gasteiger charge is 1.96. The molecular weight excluding hydrogens is 190 g/mol. The third-order valence-electron chi connectivity index (χ3n) is 2.00. The van der Waals surface area contributed by atoms with Crippen LogP contribution in [0.1, 0.15) is 18.1 Å². The minimum absolute atomic E-state index is 0.568. The smallest absolute Gasteiger partial charge is 0.0717 e. The molecule has 0 unspecified atom stereocenters. The Morgan fingerprint density at radius 2 is 1.80 bits per heavy atom. The van der Waals surface area contributed by atoms with Crippen molar-refractivity contribution in [2.24, 2.45) is 5.73 Å². The fourth-order valence-corrected chi connectivity index (χ4v) is 1.30. The van der Waals surface area contributed by atoms with E-state index < -0.39 is 0 Å². The highest BCUT2D eigenvalue weighted by Crippen LogP contribution is 2.07. The molecule has 3 nitrogen and oxygen atoms in total. The van der Waals surface area contributed by atoms with Gasteiger partial charge in [0, 0.05) is 13.2 Å². The maximum atomic E-state index is 5.36. The molecule has 0 heterocycles. The molecule has 0 amide bonds. The Kier molecular flexibility index (Phi) is 6.00. The average molecular weight is 209 g/mol. The molecule has 0 aromatic heterocycles. The number of rotatable bonds is 7. The predicted molar refractivity (Wildman–Crippen MR) is 60.5 cm³/mol. The van der Waals surface area contributed by atoms with Crippen LogP contribution in [0.5, 0.6) is 0 Å². The standard InChI is InChI=1S/C12H19NO2/c1-2-14-9-11-4-3-5-12(8-11)10-15-7-6-13/h3-5,8H,2,6-7,9-10,13H2,1H3. The summed E-state index contributed by atoms with van der Waals surface area (Å²) in [6.45, 7) is 5.20. The fraction of sp³-hybridized carbons (Fsp3) is 0.500. The Balaban J connectivity index is 2.42. The van der Waals surface area contributed by atoms with Gasteiger partial charge in [0.2, 0.25) is 0 Å². The van der Waals surface area contributed by atoms with Crippen molar-refractivity contribution in [2.75, 3.05) is 19.8 Å². The summed E-state index contributed by atoms with van der Waals surface area (Å²) in [6, 6.07) is 8.23. The normalized spacial score (nSPS) is 10.5. The van der Waals surface area contributed by atoms with E-state index in [2.05, 4.69) is 12.1 Å². The van der Waals surface area contributed by atoms with Gasteiger partial charge in [-0.2, -0.15) is 0 Å². The predicted octanol–water partition coefficient (Wildman–Crippen LogP) is 1.70. The van der Waals surface area contributed by atoms with Gasteiger partial charge in [0.05, 0.1) is 19.8 Å². The Hall–Kier alpha value is -0.900. The molecule has 0 aliphatic rings. The van der Waals surface area contributed by atoms with Crippen LogP contribution in [-0.2, 0) is 22.7 Å². The summed E-state index contributed by atoms with van der Waals surface area (Å²) in [5, 5.41) is 0. The summed E-state index contributed by atoms with van der Waals surface area (Å²) in [4.78, 5) is 0. The van der Waals surface area contributed by atoms with Gasteiger partial charge < -0.3 is 15.2 Å². The van der Waals surface area contributed by atoms with E-state index >= 15 is 0 Å². The van der Waals surface area contributed by atoms with Gasteiger partial charge in [-0.1, -0.05) is 24.3 Å². The largest absolute Gasteiger partial charge is 0.377 e. The molecule has 84 valence electrons. The fourth-order valence-electron chi connectivity index (χ4n) is 1.30. The molecule has 15 heavy (non-hydrogen) atoms. The second-order valence-electron chi connectivity index (χ2n) is 3.30. The van der Waals surface area contributed by atoms with E-state index in [0.29, 0.717) is 26.4 Å². The molecule has 0 fully saturated rings. The summed E-state index contributed by atoms with van der Waals surface area (Å²) in [5.74, 6) is 0. The molecule has 1 rings (SSSR count). The van der Waals surface area contributed by atoms with Crippen LogP contribution in [0.3, 0.4) is 0 Å². The van der Waals surface area contributed by atoms with Crippen molar-refractivity contribution >= 4 is 0 Å². The number of hydrogen-bond acceptors (Lipinski definition) is 3. The van der Waals surface area contributed by atoms with Crippen molar-refractivity contribution in [2.45, 2.75) is 20.1 Å². The first kappa shape index (κ1) is 12.2. The van der Waals surface area contributed by atoms with Crippen molar-refractivity contribution in [3.05, 3.63) is 35.4 Å². The Labute approximate surface area is 91.2 Å². The molecular formula is C12H19NO2. The second kappa shape index (κ2) is 7.40. The van der Waals surface area contributed by atoms with Gasteiger partial charge in [-0.25, -0.2) is 0 Å². The van der Waals surface area contributed by atoms with Gasteiger partial charge in [0.25, 0.3) is 0 Å². The molecule has 0 aliphatic carbocycles. The first-order chi connectivity index (χ1) is 7.36. The molecule has 0 spiro atoms. The Morgan fingerprint density at radius 3 is 2.40 bits per heavy atom. The van der Waals surface area contributed by atoms with Gasteiger partial charge in [-0.05, 0) is 18.1 Å². The van der Waals surface area contributed by atoms with Crippen molar-refractivity contribution in [3.8, 4) is 0 Å². The molecule has 0 radical (unpaired) electrons. The number of benzene rings is 1. The molecule has 0 saturated heterocycles. The highest BCUT2D eigenvalue weighted by molar-refractivity contribution is 5.22. The van der Waals surface area contributed by atoms with Crippen molar-refractivity contribution in [3.63, 3.8) is 0 Å². The summed E-state index contributed by atoms with van der Waals surface area (Å²) in [5.41, 5.74) is 7.70. The summed E-state index contributed by atoms with van der Waals surface area (Å²) >= 11 is 0. The molecule has 0 bridgehead atoms. The Bertz CT molecular complexity index is 276. The van der Waals surface area contributed by atoms with E-state index in [1.165, 1.54) is 11.1 Å². The third kappa shape index (κ3) is 4.93. The van der Waals surface area contributed by atoms with E-state index in [-0.39, 0.29) is 0 Å². The average Bonchev–Trinajstić information content (AvgIpc) is 2.27. The lowest BCUT2D eigenvalue weighted by atomic mass is 10.1. The zero-order valence-corrected chi connectivity index (χ0v) is 9.24. The molecule has 0 aliphatic heterocycles. The van der Waals surface area contributed by atoms with Crippen LogP contribution >= 0.6 is 0 Å². The van der Waals surface area contributed by atoms with Crippen LogP contribution in [0.2, 0.25) is 0 Å². The first-order valence-corrected chi connectivity index (χ1v) is 5.30. The van der Waals surface area contributed by atoms with Crippen molar-refractivity contribution < 1.29 is 9.47 Å². The second-order valence-corrected chi connectivity index (χ2v) is 3.30. The molecule has 0 atom stereocenters. The number of nitrogens with two attached hydrogens (primary N) is 1. The van der Waals surface area contributed by atoms with E-state index in [9.17, 15) is 0 Å². The maximum absolute atomic E-state index is 5.36. The lowest BCUT2D eigenvalue weighted by molar-refractivity contribution is 0.126.